The van der Waals surface area contributed by atoms with Crippen LogP contribution in [0.25, 0.3) is 0 Å². The van der Waals surface area contributed by atoms with Crippen molar-refractivity contribution < 1.29 is 9.13 Å². The number of hydrogen-bond donors (Lipinski definition) is 1. The third kappa shape index (κ3) is 2.54. The van der Waals surface area contributed by atoms with E-state index in [0.717, 1.165) is 9.35 Å². The van der Waals surface area contributed by atoms with Crippen LogP contribution in [0.4, 0.5) is 10.1 Å². The molecule has 0 amide bonds. The van der Waals surface area contributed by atoms with E-state index >= 15 is 0 Å². The summed E-state index contributed by atoms with van der Waals surface area (Å²) in [5, 5.41) is 1.96. The molecular weight excluding hydrogens is 293 g/mol. The maximum atomic E-state index is 13.0. The molecule has 0 aliphatic heterocycles. The van der Waals surface area contributed by atoms with Gasteiger partial charge in [-0.3, -0.25) is 0 Å². The average molecular weight is 302 g/mol. The van der Waals surface area contributed by atoms with Gasteiger partial charge in [-0.05, 0) is 39.5 Å². The van der Waals surface area contributed by atoms with Crippen LogP contribution in [0.5, 0.6) is 5.75 Å². The van der Waals surface area contributed by atoms with Crippen LogP contribution in [0.2, 0.25) is 0 Å². The van der Waals surface area contributed by atoms with Crippen LogP contribution in [-0.4, -0.2) is 0 Å². The Bertz CT molecular complexity index is 500. The molecule has 0 fully saturated rings. The third-order valence-electron chi connectivity index (χ3n) is 2.03. The lowest BCUT2D eigenvalue weighted by molar-refractivity contribution is 0.309. The van der Waals surface area contributed by atoms with Gasteiger partial charge in [0.25, 0.3) is 0 Å². The SMILES string of the molecule is Nc1ccc(F)cc1OCc1sccc1Br. The Morgan fingerprint density at radius 1 is 1.38 bits per heavy atom. The Balaban J connectivity index is 2.10. The third-order valence-corrected chi connectivity index (χ3v) is 3.93. The zero-order valence-corrected chi connectivity index (χ0v) is 10.6. The van der Waals surface area contributed by atoms with E-state index in [2.05, 4.69) is 15.9 Å². The maximum absolute atomic E-state index is 13.0. The molecule has 5 heteroatoms. The molecule has 2 aromatic rings. The molecule has 1 heterocycles. The highest BCUT2D eigenvalue weighted by Crippen LogP contribution is 2.27. The number of hydrogen-bond acceptors (Lipinski definition) is 3. The van der Waals surface area contributed by atoms with Crippen LogP contribution in [0, 0.1) is 5.82 Å². The molecule has 16 heavy (non-hydrogen) atoms. The molecule has 0 bridgehead atoms. The first-order valence-corrected chi connectivity index (χ1v) is 6.24. The molecule has 0 atom stereocenters. The minimum absolute atomic E-state index is 0.352. The van der Waals surface area contributed by atoms with Gasteiger partial charge in [0.15, 0.2) is 0 Å². The fraction of sp³-hybridized carbons (Fsp3) is 0.0909. The number of halogens is 2. The van der Waals surface area contributed by atoms with E-state index in [0.29, 0.717) is 18.0 Å². The zero-order valence-electron chi connectivity index (χ0n) is 8.24. The molecule has 0 saturated carbocycles. The highest BCUT2D eigenvalue weighted by Gasteiger charge is 2.05. The predicted molar refractivity (Wildman–Crippen MR) is 67.2 cm³/mol. The Morgan fingerprint density at radius 3 is 2.88 bits per heavy atom. The van der Waals surface area contributed by atoms with Crippen molar-refractivity contribution >= 4 is 33.0 Å². The van der Waals surface area contributed by atoms with Gasteiger partial charge in [0.05, 0.1) is 10.6 Å². The van der Waals surface area contributed by atoms with E-state index in [1.54, 1.807) is 11.3 Å². The smallest absolute Gasteiger partial charge is 0.145 e. The lowest BCUT2D eigenvalue weighted by Crippen LogP contribution is -1.98. The van der Waals surface area contributed by atoms with Crippen molar-refractivity contribution in [2.45, 2.75) is 6.61 Å². The minimum atomic E-state index is -0.352. The van der Waals surface area contributed by atoms with Gasteiger partial charge in [0.2, 0.25) is 0 Å². The van der Waals surface area contributed by atoms with Crippen molar-refractivity contribution in [3.63, 3.8) is 0 Å². The largest absolute Gasteiger partial charge is 0.486 e. The second-order valence-corrected chi connectivity index (χ2v) is 5.02. The van der Waals surface area contributed by atoms with Gasteiger partial charge < -0.3 is 10.5 Å². The van der Waals surface area contributed by atoms with E-state index in [-0.39, 0.29) is 5.82 Å². The van der Waals surface area contributed by atoms with Crippen molar-refractivity contribution in [1.29, 1.82) is 0 Å². The first-order chi connectivity index (χ1) is 7.66. The summed E-state index contributed by atoms with van der Waals surface area (Å²) in [6.07, 6.45) is 0. The Hall–Kier alpha value is -1.07. The second-order valence-electron chi connectivity index (χ2n) is 3.16. The fourth-order valence-corrected chi connectivity index (χ4v) is 2.58. The van der Waals surface area contributed by atoms with Gasteiger partial charge in [-0.15, -0.1) is 11.3 Å². The Labute approximate surface area is 105 Å². The van der Waals surface area contributed by atoms with E-state index in [9.17, 15) is 4.39 Å². The van der Waals surface area contributed by atoms with Gasteiger partial charge in [0.1, 0.15) is 18.2 Å². The highest BCUT2D eigenvalue weighted by atomic mass is 79.9. The summed E-state index contributed by atoms with van der Waals surface area (Å²) in [6, 6.07) is 6.03. The zero-order chi connectivity index (χ0) is 11.5. The van der Waals surface area contributed by atoms with Crippen molar-refractivity contribution in [2.75, 3.05) is 5.73 Å². The van der Waals surface area contributed by atoms with Gasteiger partial charge in [-0.25, -0.2) is 4.39 Å². The standard InChI is InChI=1S/C11H9BrFNOS/c12-8-3-4-16-11(8)6-15-10-5-7(13)1-2-9(10)14/h1-5H,6,14H2. The highest BCUT2D eigenvalue weighted by molar-refractivity contribution is 9.10. The van der Waals surface area contributed by atoms with E-state index in [4.69, 9.17) is 10.5 Å². The first-order valence-electron chi connectivity index (χ1n) is 4.56. The summed E-state index contributed by atoms with van der Waals surface area (Å²) < 4.78 is 19.4. The molecule has 1 aromatic carbocycles. The molecule has 84 valence electrons. The lowest BCUT2D eigenvalue weighted by Gasteiger charge is -2.07. The summed E-state index contributed by atoms with van der Waals surface area (Å²) in [7, 11) is 0. The van der Waals surface area contributed by atoms with Crippen LogP contribution >= 0.6 is 27.3 Å². The molecule has 2 nitrogen and oxygen atoms in total. The number of thiophene rings is 1. The number of benzene rings is 1. The minimum Gasteiger partial charge on any atom is -0.486 e. The second kappa shape index (κ2) is 4.84. The quantitative estimate of drug-likeness (QED) is 0.875. The molecule has 0 unspecified atom stereocenters. The van der Waals surface area contributed by atoms with Crippen molar-refractivity contribution in [3.05, 3.63) is 44.8 Å². The van der Waals surface area contributed by atoms with Crippen molar-refractivity contribution in [3.8, 4) is 5.75 Å². The Morgan fingerprint density at radius 2 is 2.19 bits per heavy atom. The molecule has 0 aliphatic rings. The first kappa shape index (κ1) is 11.4. The summed E-state index contributed by atoms with van der Waals surface area (Å²) in [5.41, 5.74) is 6.11. The number of anilines is 1. The molecular formula is C11H9BrFNOS. The van der Waals surface area contributed by atoms with E-state index < -0.39 is 0 Å². The van der Waals surface area contributed by atoms with Crippen molar-refractivity contribution in [1.82, 2.24) is 0 Å². The molecule has 0 aliphatic carbocycles. The molecule has 0 radical (unpaired) electrons. The maximum Gasteiger partial charge on any atom is 0.145 e. The summed E-state index contributed by atoms with van der Waals surface area (Å²) in [4.78, 5) is 1.05. The topological polar surface area (TPSA) is 35.2 Å². The van der Waals surface area contributed by atoms with E-state index in [1.165, 1.54) is 18.2 Å². The van der Waals surface area contributed by atoms with Crippen molar-refractivity contribution in [2.24, 2.45) is 0 Å². The van der Waals surface area contributed by atoms with Crippen LogP contribution < -0.4 is 10.5 Å². The molecule has 0 saturated heterocycles. The predicted octanol–water partition coefficient (Wildman–Crippen LogP) is 3.81. The van der Waals surface area contributed by atoms with Gasteiger partial charge in [-0.2, -0.15) is 0 Å². The summed E-state index contributed by atoms with van der Waals surface area (Å²) in [6.45, 7) is 0.381. The number of rotatable bonds is 3. The van der Waals surface area contributed by atoms with Crippen LogP contribution in [0.3, 0.4) is 0 Å². The van der Waals surface area contributed by atoms with Gasteiger partial charge >= 0.3 is 0 Å². The fourth-order valence-electron chi connectivity index (χ4n) is 1.20. The normalized spacial score (nSPS) is 10.4. The lowest BCUT2D eigenvalue weighted by atomic mass is 10.3. The Kier molecular flexibility index (Phi) is 3.46. The van der Waals surface area contributed by atoms with Crippen LogP contribution in [0.1, 0.15) is 4.88 Å². The summed E-state index contributed by atoms with van der Waals surface area (Å²) >= 11 is 4.97. The molecule has 1 aromatic heterocycles. The average Bonchev–Trinajstić information content (AvgIpc) is 2.66. The van der Waals surface area contributed by atoms with Crippen LogP contribution in [0.15, 0.2) is 34.1 Å². The van der Waals surface area contributed by atoms with Gasteiger partial charge in [-0.1, -0.05) is 0 Å². The van der Waals surface area contributed by atoms with Crippen LogP contribution in [-0.2, 0) is 6.61 Å². The van der Waals surface area contributed by atoms with Gasteiger partial charge in [0, 0.05) is 10.5 Å². The number of nitrogens with two attached hydrogens (primary N) is 1. The van der Waals surface area contributed by atoms with E-state index in [1.807, 2.05) is 11.4 Å². The summed E-state index contributed by atoms with van der Waals surface area (Å²) in [5.74, 6) is 0.0229. The molecule has 2 rings (SSSR count). The number of nitrogen functional groups attached to an aromatic ring is 1. The molecule has 2 N–H and O–H groups in total. The monoisotopic (exact) mass is 301 g/mol. The molecule has 0 spiro atoms. The number of ether oxygens (including phenoxy) is 1.